The lowest BCUT2D eigenvalue weighted by molar-refractivity contribution is -0.130. The average Bonchev–Trinajstić information content (AvgIpc) is 2.35. The summed E-state index contributed by atoms with van der Waals surface area (Å²) in [6.07, 6.45) is 0. The Kier molecular flexibility index (Phi) is 5.06. The predicted molar refractivity (Wildman–Crippen MR) is 74.2 cm³/mol. The molecule has 0 saturated carbocycles. The van der Waals surface area contributed by atoms with Crippen molar-refractivity contribution in [3.8, 4) is 0 Å². The van der Waals surface area contributed by atoms with Crippen LogP contribution in [-0.4, -0.2) is 23.4 Å². The molecule has 1 unspecified atom stereocenters. The Morgan fingerprint density at radius 2 is 1.84 bits per heavy atom. The third kappa shape index (κ3) is 5.09. The van der Waals surface area contributed by atoms with Crippen molar-refractivity contribution >= 4 is 11.8 Å². The summed E-state index contributed by atoms with van der Waals surface area (Å²) in [7, 11) is 0. The van der Waals surface area contributed by atoms with Crippen molar-refractivity contribution in [3.05, 3.63) is 35.9 Å². The highest BCUT2D eigenvalue weighted by molar-refractivity contribution is 5.91. The van der Waals surface area contributed by atoms with Crippen LogP contribution in [0, 0.1) is 0 Å². The van der Waals surface area contributed by atoms with E-state index in [9.17, 15) is 9.59 Å². The number of hydrogen-bond acceptors (Lipinski definition) is 3. The largest absolute Gasteiger partial charge is 0.350 e. The summed E-state index contributed by atoms with van der Waals surface area (Å²) in [5.41, 5.74) is 5.66. The monoisotopic (exact) mass is 263 g/mol. The molecule has 1 aromatic rings. The van der Waals surface area contributed by atoms with E-state index in [0.29, 0.717) is 6.54 Å². The molecule has 5 nitrogen and oxygen atoms in total. The van der Waals surface area contributed by atoms with Gasteiger partial charge in [-0.05, 0) is 26.3 Å². The minimum absolute atomic E-state index is 0.235. The first-order chi connectivity index (χ1) is 8.80. The zero-order valence-corrected chi connectivity index (χ0v) is 11.6. The molecule has 0 aliphatic rings. The second kappa shape index (κ2) is 6.33. The van der Waals surface area contributed by atoms with Crippen LogP contribution in [0.5, 0.6) is 0 Å². The first-order valence-electron chi connectivity index (χ1n) is 6.22. The van der Waals surface area contributed by atoms with E-state index in [-0.39, 0.29) is 11.8 Å². The van der Waals surface area contributed by atoms with Crippen LogP contribution in [0.4, 0.5) is 0 Å². The Labute approximate surface area is 113 Å². The molecule has 104 valence electrons. The van der Waals surface area contributed by atoms with Gasteiger partial charge in [0.15, 0.2) is 0 Å². The van der Waals surface area contributed by atoms with Crippen molar-refractivity contribution in [2.45, 2.75) is 38.9 Å². The lowest BCUT2D eigenvalue weighted by Crippen LogP contribution is -2.54. The van der Waals surface area contributed by atoms with Gasteiger partial charge in [-0.15, -0.1) is 0 Å². The number of carbonyl (C=O) groups excluding carboxylic acids is 2. The summed E-state index contributed by atoms with van der Waals surface area (Å²) in [5.74, 6) is -0.587. The lowest BCUT2D eigenvalue weighted by atomic mass is 10.1. The maximum Gasteiger partial charge on any atom is 0.242 e. The third-order valence-corrected chi connectivity index (χ3v) is 2.64. The Bertz CT molecular complexity index is 438. The molecular formula is C14H21N3O2. The van der Waals surface area contributed by atoms with Crippen LogP contribution in [0.15, 0.2) is 30.3 Å². The Morgan fingerprint density at radius 3 is 2.37 bits per heavy atom. The van der Waals surface area contributed by atoms with E-state index < -0.39 is 11.6 Å². The van der Waals surface area contributed by atoms with Crippen LogP contribution >= 0.6 is 0 Å². The highest BCUT2D eigenvalue weighted by atomic mass is 16.2. The lowest BCUT2D eigenvalue weighted by Gasteiger charge is -2.21. The molecule has 0 aliphatic heterocycles. The zero-order chi connectivity index (χ0) is 14.5. The smallest absolute Gasteiger partial charge is 0.242 e. The van der Waals surface area contributed by atoms with Gasteiger partial charge < -0.3 is 16.4 Å². The summed E-state index contributed by atoms with van der Waals surface area (Å²) >= 11 is 0. The Morgan fingerprint density at radius 1 is 1.26 bits per heavy atom. The highest BCUT2D eigenvalue weighted by Gasteiger charge is 2.25. The van der Waals surface area contributed by atoms with Gasteiger partial charge in [0, 0.05) is 6.54 Å². The van der Waals surface area contributed by atoms with Crippen molar-refractivity contribution in [2.75, 3.05) is 0 Å². The molecule has 0 fully saturated rings. The summed E-state index contributed by atoms with van der Waals surface area (Å²) in [4.78, 5) is 23.4. The van der Waals surface area contributed by atoms with E-state index in [2.05, 4.69) is 10.6 Å². The van der Waals surface area contributed by atoms with E-state index >= 15 is 0 Å². The first-order valence-corrected chi connectivity index (χ1v) is 6.22. The number of carbonyl (C=O) groups is 2. The number of rotatable bonds is 5. The van der Waals surface area contributed by atoms with Crippen LogP contribution in [0.3, 0.4) is 0 Å². The van der Waals surface area contributed by atoms with Crippen LogP contribution in [-0.2, 0) is 16.1 Å². The summed E-state index contributed by atoms with van der Waals surface area (Å²) in [5, 5.41) is 5.34. The van der Waals surface area contributed by atoms with Gasteiger partial charge in [-0.25, -0.2) is 0 Å². The van der Waals surface area contributed by atoms with Crippen molar-refractivity contribution in [1.82, 2.24) is 10.6 Å². The fourth-order valence-corrected chi connectivity index (χ4v) is 1.39. The van der Waals surface area contributed by atoms with Gasteiger partial charge in [0.05, 0.1) is 5.54 Å². The molecule has 0 spiro atoms. The number of nitrogens with two attached hydrogens (primary N) is 1. The second-order valence-electron chi connectivity index (χ2n) is 5.12. The SMILES string of the molecule is CC(NC(=O)C(C)(C)N)C(=O)NCc1ccccc1. The average molecular weight is 263 g/mol. The predicted octanol–water partition coefficient (Wildman–Crippen LogP) is 0.545. The number of hydrogen-bond donors (Lipinski definition) is 3. The fraction of sp³-hybridized carbons (Fsp3) is 0.429. The van der Waals surface area contributed by atoms with Gasteiger partial charge in [0.2, 0.25) is 11.8 Å². The van der Waals surface area contributed by atoms with Crippen LogP contribution < -0.4 is 16.4 Å². The molecule has 0 aliphatic carbocycles. The second-order valence-corrected chi connectivity index (χ2v) is 5.12. The van der Waals surface area contributed by atoms with Gasteiger partial charge >= 0.3 is 0 Å². The zero-order valence-electron chi connectivity index (χ0n) is 11.6. The number of amides is 2. The van der Waals surface area contributed by atoms with Crippen LogP contribution in [0.25, 0.3) is 0 Å². The molecule has 1 atom stereocenters. The van der Waals surface area contributed by atoms with Crippen molar-refractivity contribution < 1.29 is 9.59 Å². The first kappa shape index (κ1) is 15.2. The quantitative estimate of drug-likeness (QED) is 0.725. The number of benzene rings is 1. The third-order valence-electron chi connectivity index (χ3n) is 2.64. The Balaban J connectivity index is 2.43. The molecule has 1 rings (SSSR count). The fourth-order valence-electron chi connectivity index (χ4n) is 1.39. The summed E-state index contributed by atoms with van der Waals surface area (Å²) in [6, 6.07) is 8.96. The summed E-state index contributed by atoms with van der Waals surface area (Å²) < 4.78 is 0. The molecule has 19 heavy (non-hydrogen) atoms. The normalized spacial score (nSPS) is 12.6. The minimum atomic E-state index is -0.992. The van der Waals surface area contributed by atoms with E-state index in [4.69, 9.17) is 5.73 Å². The van der Waals surface area contributed by atoms with Crippen molar-refractivity contribution in [1.29, 1.82) is 0 Å². The highest BCUT2D eigenvalue weighted by Crippen LogP contribution is 1.99. The number of nitrogens with one attached hydrogen (secondary N) is 2. The maximum atomic E-state index is 11.8. The molecule has 0 heterocycles. The van der Waals surface area contributed by atoms with Gasteiger partial charge in [-0.3, -0.25) is 9.59 Å². The molecular weight excluding hydrogens is 242 g/mol. The molecule has 0 radical (unpaired) electrons. The molecule has 0 saturated heterocycles. The van der Waals surface area contributed by atoms with Crippen molar-refractivity contribution in [3.63, 3.8) is 0 Å². The summed E-state index contributed by atoms with van der Waals surface area (Å²) in [6.45, 7) is 5.25. The standard InChI is InChI=1S/C14H21N3O2/c1-10(17-13(19)14(2,3)15)12(18)16-9-11-7-5-4-6-8-11/h4-8,10H,9,15H2,1-3H3,(H,16,18)(H,17,19). The van der Waals surface area contributed by atoms with Crippen LogP contribution in [0.1, 0.15) is 26.3 Å². The van der Waals surface area contributed by atoms with Crippen LogP contribution in [0.2, 0.25) is 0 Å². The minimum Gasteiger partial charge on any atom is -0.350 e. The van der Waals surface area contributed by atoms with E-state index in [1.54, 1.807) is 20.8 Å². The molecule has 0 bridgehead atoms. The van der Waals surface area contributed by atoms with Gasteiger partial charge in [0.25, 0.3) is 0 Å². The molecule has 2 amide bonds. The van der Waals surface area contributed by atoms with Gasteiger partial charge in [-0.1, -0.05) is 30.3 Å². The van der Waals surface area contributed by atoms with E-state index in [1.807, 2.05) is 30.3 Å². The van der Waals surface area contributed by atoms with E-state index in [0.717, 1.165) is 5.56 Å². The molecule has 5 heteroatoms. The Hall–Kier alpha value is -1.88. The molecule has 4 N–H and O–H groups in total. The van der Waals surface area contributed by atoms with Gasteiger partial charge in [-0.2, -0.15) is 0 Å². The topological polar surface area (TPSA) is 84.2 Å². The maximum absolute atomic E-state index is 11.8. The van der Waals surface area contributed by atoms with E-state index in [1.165, 1.54) is 0 Å². The van der Waals surface area contributed by atoms with Crippen molar-refractivity contribution in [2.24, 2.45) is 5.73 Å². The van der Waals surface area contributed by atoms with Gasteiger partial charge in [0.1, 0.15) is 6.04 Å². The molecule has 0 aromatic heterocycles. The molecule has 1 aromatic carbocycles.